The highest BCUT2D eigenvalue weighted by atomic mass is 19.1. The summed E-state index contributed by atoms with van der Waals surface area (Å²) in [6.07, 6.45) is 2.68. The van der Waals surface area contributed by atoms with Crippen molar-refractivity contribution in [2.45, 2.75) is 0 Å². The van der Waals surface area contributed by atoms with E-state index in [0.717, 1.165) is 10.6 Å². The second-order valence-corrected chi connectivity index (χ2v) is 3.07. The lowest BCUT2D eigenvalue weighted by atomic mass is 10.1. The molecule has 0 saturated heterocycles. The Hall–Kier alpha value is -2.37. The molecule has 0 fully saturated rings. The van der Waals surface area contributed by atoms with Gasteiger partial charge in [-0.25, -0.2) is 14.0 Å². The van der Waals surface area contributed by atoms with E-state index in [-0.39, 0.29) is 5.69 Å². The van der Waals surface area contributed by atoms with Crippen LogP contribution >= 0.6 is 0 Å². The Balaban J connectivity index is 2.76. The zero-order chi connectivity index (χ0) is 11.7. The van der Waals surface area contributed by atoms with E-state index in [9.17, 15) is 14.0 Å². The number of rotatable bonds is 2. The SMILES string of the molecule is O=C(O)c1c(F)cccc1-n1cc[nH]c1=O. The van der Waals surface area contributed by atoms with Crippen LogP contribution in [0, 0.1) is 5.82 Å². The van der Waals surface area contributed by atoms with Crippen LogP contribution in [0.25, 0.3) is 5.69 Å². The summed E-state index contributed by atoms with van der Waals surface area (Å²) in [5, 5.41) is 8.87. The third-order valence-electron chi connectivity index (χ3n) is 2.11. The Labute approximate surface area is 88.8 Å². The van der Waals surface area contributed by atoms with Crippen molar-refractivity contribution in [2.24, 2.45) is 0 Å². The average Bonchev–Trinajstić information content (AvgIpc) is 2.63. The average molecular weight is 222 g/mol. The fraction of sp³-hybridized carbons (Fsp3) is 0. The molecule has 1 aromatic carbocycles. The number of aromatic amines is 1. The van der Waals surface area contributed by atoms with E-state index < -0.39 is 23.0 Å². The number of nitrogens with one attached hydrogen (secondary N) is 1. The molecular formula is C10H7FN2O3. The molecule has 0 spiro atoms. The highest BCUT2D eigenvalue weighted by Crippen LogP contribution is 2.16. The van der Waals surface area contributed by atoms with Crippen molar-refractivity contribution in [1.82, 2.24) is 9.55 Å². The number of nitrogens with zero attached hydrogens (tertiary/aromatic N) is 1. The van der Waals surface area contributed by atoms with Gasteiger partial charge in [0.15, 0.2) is 0 Å². The van der Waals surface area contributed by atoms with E-state index in [1.54, 1.807) is 0 Å². The van der Waals surface area contributed by atoms with Gasteiger partial charge >= 0.3 is 11.7 Å². The molecule has 0 amide bonds. The first kappa shape index (κ1) is 10.2. The Morgan fingerprint density at radius 2 is 2.19 bits per heavy atom. The van der Waals surface area contributed by atoms with Crippen LogP contribution in [0.4, 0.5) is 4.39 Å². The van der Waals surface area contributed by atoms with Gasteiger partial charge in [0.1, 0.15) is 11.4 Å². The van der Waals surface area contributed by atoms with Crippen LogP contribution in [0.2, 0.25) is 0 Å². The number of halogens is 1. The summed E-state index contributed by atoms with van der Waals surface area (Å²) in [5.74, 6) is -2.29. The second-order valence-electron chi connectivity index (χ2n) is 3.07. The molecule has 0 bridgehead atoms. The molecule has 0 aliphatic rings. The second kappa shape index (κ2) is 3.65. The Bertz CT molecular complexity index is 600. The van der Waals surface area contributed by atoms with Crippen molar-refractivity contribution in [3.63, 3.8) is 0 Å². The summed E-state index contributed by atoms with van der Waals surface area (Å²) in [6, 6.07) is 3.74. The molecule has 0 saturated carbocycles. The van der Waals surface area contributed by atoms with Crippen molar-refractivity contribution in [1.29, 1.82) is 0 Å². The Kier molecular flexibility index (Phi) is 2.32. The van der Waals surface area contributed by atoms with Gasteiger partial charge < -0.3 is 10.1 Å². The minimum Gasteiger partial charge on any atom is -0.478 e. The molecule has 82 valence electrons. The molecule has 2 rings (SSSR count). The Morgan fingerprint density at radius 3 is 2.75 bits per heavy atom. The number of hydrogen-bond acceptors (Lipinski definition) is 2. The van der Waals surface area contributed by atoms with Gasteiger partial charge in [-0.2, -0.15) is 0 Å². The molecule has 6 heteroatoms. The van der Waals surface area contributed by atoms with E-state index in [0.29, 0.717) is 0 Å². The third-order valence-corrected chi connectivity index (χ3v) is 2.11. The topological polar surface area (TPSA) is 75.1 Å². The van der Waals surface area contributed by atoms with Gasteiger partial charge in [0.05, 0.1) is 5.69 Å². The van der Waals surface area contributed by atoms with Crippen LogP contribution in [-0.2, 0) is 0 Å². The number of H-pyrrole nitrogens is 1. The van der Waals surface area contributed by atoms with E-state index in [1.807, 2.05) is 0 Å². The van der Waals surface area contributed by atoms with Gasteiger partial charge in [-0.15, -0.1) is 0 Å². The fourth-order valence-corrected chi connectivity index (χ4v) is 1.44. The van der Waals surface area contributed by atoms with Crippen LogP contribution in [0.3, 0.4) is 0 Å². The minimum atomic E-state index is -1.42. The van der Waals surface area contributed by atoms with E-state index in [1.165, 1.54) is 24.5 Å². The van der Waals surface area contributed by atoms with Crippen molar-refractivity contribution in [3.8, 4) is 5.69 Å². The number of imidazole rings is 1. The zero-order valence-corrected chi connectivity index (χ0v) is 7.98. The number of benzene rings is 1. The number of aromatic carboxylic acids is 1. The van der Waals surface area contributed by atoms with Crippen molar-refractivity contribution in [3.05, 3.63) is 52.5 Å². The molecule has 0 radical (unpaired) electrons. The number of carboxylic acids is 1. The molecule has 1 aromatic heterocycles. The summed E-state index contributed by atoms with van der Waals surface area (Å²) in [6.45, 7) is 0. The first-order chi connectivity index (χ1) is 7.61. The van der Waals surface area contributed by atoms with E-state index in [2.05, 4.69) is 4.98 Å². The molecule has 2 aromatic rings. The molecule has 0 aliphatic heterocycles. The summed E-state index contributed by atoms with van der Waals surface area (Å²) < 4.78 is 14.4. The monoisotopic (exact) mass is 222 g/mol. The highest BCUT2D eigenvalue weighted by molar-refractivity contribution is 5.92. The van der Waals surface area contributed by atoms with Crippen LogP contribution in [-0.4, -0.2) is 20.6 Å². The lowest BCUT2D eigenvalue weighted by molar-refractivity contribution is 0.0692. The number of aromatic nitrogens is 2. The molecule has 0 unspecified atom stereocenters. The number of hydrogen-bond donors (Lipinski definition) is 2. The lowest BCUT2D eigenvalue weighted by Crippen LogP contribution is -2.18. The maximum Gasteiger partial charge on any atom is 0.340 e. The van der Waals surface area contributed by atoms with Crippen LogP contribution in [0.15, 0.2) is 35.4 Å². The van der Waals surface area contributed by atoms with Gasteiger partial charge in [0.25, 0.3) is 0 Å². The maximum atomic E-state index is 13.3. The summed E-state index contributed by atoms with van der Waals surface area (Å²) in [7, 11) is 0. The molecular weight excluding hydrogens is 215 g/mol. The van der Waals surface area contributed by atoms with Crippen LogP contribution in [0.1, 0.15) is 10.4 Å². The molecule has 5 nitrogen and oxygen atoms in total. The predicted molar refractivity (Wildman–Crippen MR) is 53.3 cm³/mol. The standard InChI is InChI=1S/C10H7FN2O3/c11-6-2-1-3-7(8(6)9(14)15)13-5-4-12-10(13)16/h1-5H,(H,12,16)(H,14,15). The zero-order valence-electron chi connectivity index (χ0n) is 7.98. The summed E-state index contributed by atoms with van der Waals surface area (Å²) in [5.41, 5.74) is -1.05. The lowest BCUT2D eigenvalue weighted by Gasteiger charge is -2.06. The largest absolute Gasteiger partial charge is 0.478 e. The van der Waals surface area contributed by atoms with Crippen molar-refractivity contribution < 1.29 is 14.3 Å². The van der Waals surface area contributed by atoms with Crippen molar-refractivity contribution in [2.75, 3.05) is 0 Å². The summed E-state index contributed by atoms with van der Waals surface area (Å²) >= 11 is 0. The predicted octanol–water partition coefficient (Wildman–Crippen LogP) is 1.00. The van der Waals surface area contributed by atoms with Gasteiger partial charge in [-0.3, -0.25) is 4.57 Å². The van der Waals surface area contributed by atoms with E-state index in [4.69, 9.17) is 5.11 Å². The normalized spacial score (nSPS) is 10.3. The summed E-state index contributed by atoms with van der Waals surface area (Å²) in [4.78, 5) is 24.5. The quantitative estimate of drug-likeness (QED) is 0.796. The first-order valence-electron chi connectivity index (χ1n) is 4.39. The van der Waals surface area contributed by atoms with E-state index >= 15 is 0 Å². The maximum absolute atomic E-state index is 13.3. The van der Waals surface area contributed by atoms with Gasteiger partial charge in [-0.1, -0.05) is 6.07 Å². The molecule has 1 heterocycles. The fourth-order valence-electron chi connectivity index (χ4n) is 1.44. The van der Waals surface area contributed by atoms with Crippen LogP contribution in [0.5, 0.6) is 0 Å². The smallest absolute Gasteiger partial charge is 0.340 e. The number of carboxylic acid groups (broad SMARTS) is 1. The van der Waals surface area contributed by atoms with Crippen LogP contribution < -0.4 is 5.69 Å². The minimum absolute atomic E-state index is 0.00116. The molecule has 2 N–H and O–H groups in total. The van der Waals surface area contributed by atoms with Crippen molar-refractivity contribution >= 4 is 5.97 Å². The van der Waals surface area contributed by atoms with Gasteiger partial charge in [0.2, 0.25) is 0 Å². The highest BCUT2D eigenvalue weighted by Gasteiger charge is 2.17. The number of carbonyl (C=O) groups is 1. The van der Waals surface area contributed by atoms with Gasteiger partial charge in [-0.05, 0) is 12.1 Å². The molecule has 0 atom stereocenters. The van der Waals surface area contributed by atoms with Gasteiger partial charge in [0, 0.05) is 12.4 Å². The first-order valence-corrected chi connectivity index (χ1v) is 4.39. The molecule has 0 aliphatic carbocycles. The third kappa shape index (κ3) is 1.50. The Morgan fingerprint density at radius 1 is 1.44 bits per heavy atom. The molecule has 16 heavy (non-hydrogen) atoms.